The smallest absolute Gasteiger partial charge is 0.223 e. The molecule has 0 aromatic carbocycles. The van der Waals surface area contributed by atoms with Gasteiger partial charge >= 0.3 is 0 Å². The maximum absolute atomic E-state index is 5.51. The van der Waals surface area contributed by atoms with Crippen LogP contribution in [-0.4, -0.2) is 15.0 Å². The Hall–Kier alpha value is -1.49. The first-order chi connectivity index (χ1) is 6.25. The van der Waals surface area contributed by atoms with E-state index < -0.39 is 0 Å². The summed E-state index contributed by atoms with van der Waals surface area (Å²) < 4.78 is 0. The van der Waals surface area contributed by atoms with Crippen LogP contribution in [0.1, 0.15) is 5.82 Å². The van der Waals surface area contributed by atoms with Gasteiger partial charge in [0.2, 0.25) is 5.95 Å². The SMILES string of the molecule is Cc1nc(N)nc(-c2ccsc2)n1. The van der Waals surface area contributed by atoms with E-state index in [2.05, 4.69) is 15.0 Å². The zero-order valence-corrected chi connectivity index (χ0v) is 7.88. The highest BCUT2D eigenvalue weighted by molar-refractivity contribution is 7.08. The lowest BCUT2D eigenvalue weighted by Gasteiger charge is -1.98. The molecule has 4 nitrogen and oxygen atoms in total. The average molecular weight is 192 g/mol. The Morgan fingerprint density at radius 1 is 1.31 bits per heavy atom. The predicted molar refractivity (Wildman–Crippen MR) is 52.3 cm³/mol. The molecule has 0 unspecified atom stereocenters. The molecule has 2 heterocycles. The van der Waals surface area contributed by atoms with Crippen molar-refractivity contribution in [2.24, 2.45) is 0 Å². The molecule has 0 fully saturated rings. The number of hydrogen-bond donors (Lipinski definition) is 1. The number of aryl methyl sites for hydroxylation is 1. The number of rotatable bonds is 1. The van der Waals surface area contributed by atoms with Gasteiger partial charge in [-0.05, 0) is 18.4 Å². The van der Waals surface area contributed by atoms with Crippen molar-refractivity contribution in [3.05, 3.63) is 22.7 Å². The second-order valence-electron chi connectivity index (χ2n) is 2.58. The Morgan fingerprint density at radius 2 is 2.15 bits per heavy atom. The fourth-order valence-electron chi connectivity index (χ4n) is 1.02. The topological polar surface area (TPSA) is 64.7 Å². The third-order valence-corrected chi connectivity index (χ3v) is 2.23. The minimum absolute atomic E-state index is 0.272. The van der Waals surface area contributed by atoms with Gasteiger partial charge in [0.25, 0.3) is 0 Å². The predicted octanol–water partition coefficient (Wildman–Crippen LogP) is 1.49. The molecule has 2 N–H and O–H groups in total. The van der Waals surface area contributed by atoms with Crippen molar-refractivity contribution in [1.29, 1.82) is 0 Å². The zero-order chi connectivity index (χ0) is 9.26. The van der Waals surface area contributed by atoms with E-state index in [4.69, 9.17) is 5.73 Å². The Balaban J connectivity index is 2.53. The van der Waals surface area contributed by atoms with Crippen LogP contribution in [0.2, 0.25) is 0 Å². The summed E-state index contributed by atoms with van der Waals surface area (Å²) in [6.07, 6.45) is 0. The van der Waals surface area contributed by atoms with E-state index in [9.17, 15) is 0 Å². The van der Waals surface area contributed by atoms with Crippen LogP contribution >= 0.6 is 11.3 Å². The lowest BCUT2D eigenvalue weighted by molar-refractivity contribution is 0.998. The van der Waals surface area contributed by atoms with Gasteiger partial charge < -0.3 is 5.73 Å². The molecule has 2 aromatic rings. The van der Waals surface area contributed by atoms with Crippen molar-refractivity contribution >= 4 is 17.3 Å². The standard InChI is InChI=1S/C8H8N4S/c1-5-10-7(12-8(9)11-5)6-2-3-13-4-6/h2-4H,1H3,(H2,9,10,11,12). The summed E-state index contributed by atoms with van der Waals surface area (Å²) in [5.74, 6) is 1.56. The first-order valence-electron chi connectivity index (χ1n) is 3.76. The van der Waals surface area contributed by atoms with E-state index in [1.54, 1.807) is 18.3 Å². The zero-order valence-electron chi connectivity index (χ0n) is 7.06. The van der Waals surface area contributed by atoms with Gasteiger partial charge in [-0.1, -0.05) is 0 Å². The third kappa shape index (κ3) is 1.65. The van der Waals surface area contributed by atoms with Gasteiger partial charge in [0.05, 0.1) is 0 Å². The maximum atomic E-state index is 5.51. The van der Waals surface area contributed by atoms with Gasteiger partial charge in [-0.2, -0.15) is 21.3 Å². The van der Waals surface area contributed by atoms with Crippen molar-refractivity contribution in [3.8, 4) is 11.4 Å². The summed E-state index contributed by atoms with van der Waals surface area (Å²) in [5.41, 5.74) is 6.49. The molecule has 0 bridgehead atoms. The molecular formula is C8H8N4S. The Bertz CT molecular complexity index is 390. The number of nitrogens with two attached hydrogens (primary N) is 1. The average Bonchev–Trinajstić information content (AvgIpc) is 2.53. The minimum Gasteiger partial charge on any atom is -0.368 e. The van der Waals surface area contributed by atoms with Crippen molar-refractivity contribution in [2.45, 2.75) is 6.92 Å². The largest absolute Gasteiger partial charge is 0.368 e. The Morgan fingerprint density at radius 3 is 2.77 bits per heavy atom. The quantitative estimate of drug-likeness (QED) is 0.743. The van der Waals surface area contributed by atoms with Crippen LogP contribution in [0.4, 0.5) is 5.95 Å². The molecule has 66 valence electrons. The second kappa shape index (κ2) is 3.10. The first-order valence-corrected chi connectivity index (χ1v) is 4.71. The van der Waals surface area contributed by atoms with Gasteiger partial charge in [-0.25, -0.2) is 4.98 Å². The van der Waals surface area contributed by atoms with Crippen LogP contribution in [0.15, 0.2) is 16.8 Å². The minimum atomic E-state index is 0.272. The van der Waals surface area contributed by atoms with Crippen LogP contribution < -0.4 is 5.73 Å². The van der Waals surface area contributed by atoms with Crippen molar-refractivity contribution in [1.82, 2.24) is 15.0 Å². The number of hydrogen-bond acceptors (Lipinski definition) is 5. The number of nitrogens with zero attached hydrogens (tertiary/aromatic N) is 3. The van der Waals surface area contributed by atoms with Crippen LogP contribution in [0.25, 0.3) is 11.4 Å². The van der Waals surface area contributed by atoms with Crippen LogP contribution in [0.3, 0.4) is 0 Å². The molecule has 0 saturated carbocycles. The summed E-state index contributed by atoms with van der Waals surface area (Å²) in [6, 6.07) is 1.96. The van der Waals surface area contributed by atoms with E-state index in [0.717, 1.165) is 5.56 Å². The Kier molecular flexibility index (Phi) is 1.94. The van der Waals surface area contributed by atoms with E-state index in [0.29, 0.717) is 11.6 Å². The van der Waals surface area contributed by atoms with Gasteiger partial charge in [0.15, 0.2) is 5.82 Å². The highest BCUT2D eigenvalue weighted by atomic mass is 32.1. The monoisotopic (exact) mass is 192 g/mol. The van der Waals surface area contributed by atoms with Gasteiger partial charge in [-0.3, -0.25) is 0 Å². The number of anilines is 1. The fourth-order valence-corrected chi connectivity index (χ4v) is 1.66. The second-order valence-corrected chi connectivity index (χ2v) is 3.36. The summed E-state index contributed by atoms with van der Waals surface area (Å²) >= 11 is 1.60. The third-order valence-electron chi connectivity index (χ3n) is 1.54. The lowest BCUT2D eigenvalue weighted by atomic mass is 10.3. The van der Waals surface area contributed by atoms with E-state index in [1.165, 1.54) is 0 Å². The molecule has 0 aliphatic carbocycles. The molecule has 0 aliphatic rings. The first kappa shape index (κ1) is 8.12. The van der Waals surface area contributed by atoms with Gasteiger partial charge in [0.1, 0.15) is 5.82 Å². The molecule has 0 aliphatic heterocycles. The molecule has 0 radical (unpaired) electrons. The molecule has 2 rings (SSSR count). The maximum Gasteiger partial charge on any atom is 0.223 e. The highest BCUT2D eigenvalue weighted by Crippen LogP contribution is 2.18. The summed E-state index contributed by atoms with van der Waals surface area (Å²) in [5, 5.41) is 3.96. The highest BCUT2D eigenvalue weighted by Gasteiger charge is 2.03. The van der Waals surface area contributed by atoms with Crippen molar-refractivity contribution in [3.63, 3.8) is 0 Å². The van der Waals surface area contributed by atoms with Crippen molar-refractivity contribution < 1.29 is 0 Å². The molecule has 13 heavy (non-hydrogen) atoms. The molecule has 2 aromatic heterocycles. The summed E-state index contributed by atoms with van der Waals surface area (Å²) in [4.78, 5) is 12.1. The molecule has 5 heteroatoms. The summed E-state index contributed by atoms with van der Waals surface area (Å²) in [6.45, 7) is 1.80. The van der Waals surface area contributed by atoms with E-state index in [-0.39, 0.29) is 5.95 Å². The summed E-state index contributed by atoms with van der Waals surface area (Å²) in [7, 11) is 0. The van der Waals surface area contributed by atoms with Crippen LogP contribution in [0, 0.1) is 6.92 Å². The molecule has 0 amide bonds. The lowest BCUT2D eigenvalue weighted by Crippen LogP contribution is -2.01. The van der Waals surface area contributed by atoms with Gasteiger partial charge in [-0.15, -0.1) is 0 Å². The number of aromatic nitrogens is 3. The molecule has 0 spiro atoms. The van der Waals surface area contributed by atoms with Crippen molar-refractivity contribution in [2.75, 3.05) is 5.73 Å². The Labute approximate surface area is 79.5 Å². The molecule has 0 atom stereocenters. The fraction of sp³-hybridized carbons (Fsp3) is 0.125. The van der Waals surface area contributed by atoms with Crippen LogP contribution in [0.5, 0.6) is 0 Å². The van der Waals surface area contributed by atoms with E-state index >= 15 is 0 Å². The molecule has 0 saturated heterocycles. The van der Waals surface area contributed by atoms with Gasteiger partial charge in [0, 0.05) is 10.9 Å². The van der Waals surface area contributed by atoms with Crippen LogP contribution in [-0.2, 0) is 0 Å². The normalized spacial score (nSPS) is 10.2. The van der Waals surface area contributed by atoms with E-state index in [1.807, 2.05) is 16.8 Å². The molecular weight excluding hydrogens is 184 g/mol. The number of nitrogen functional groups attached to an aromatic ring is 1. The number of thiophene rings is 1.